The van der Waals surface area contributed by atoms with Gasteiger partial charge in [-0.2, -0.15) is 0 Å². The van der Waals surface area contributed by atoms with Gasteiger partial charge in [0.15, 0.2) is 0 Å². The lowest BCUT2D eigenvalue weighted by atomic mass is 10.1. The second-order valence-corrected chi connectivity index (χ2v) is 16.3. The predicted molar refractivity (Wildman–Crippen MR) is 125 cm³/mol. The van der Waals surface area contributed by atoms with Crippen LogP contribution in [-0.4, -0.2) is 40.5 Å². The summed E-state index contributed by atoms with van der Waals surface area (Å²) in [6, 6.07) is 22.2. The number of benzene rings is 2. The molecule has 0 saturated heterocycles. The summed E-state index contributed by atoms with van der Waals surface area (Å²) in [7, 11) is -4.54. The molecule has 0 heterocycles. The van der Waals surface area contributed by atoms with Crippen molar-refractivity contribution >= 4 is 26.3 Å². The minimum atomic E-state index is -2.69. The summed E-state index contributed by atoms with van der Waals surface area (Å²) in [4.78, 5) is 0. The average molecular weight is 463 g/mol. The zero-order valence-electron chi connectivity index (χ0n) is 18.6. The Hall–Kier alpha value is -1.59. The molecule has 8 heteroatoms. The standard InChI is InChI=1S/C22H34O5Si3/c1-24-29(3,19-11-17-21-13-7-5-8-14-21)26-28(23)27-30(4,25-2)20-12-18-22-15-9-6-10-16-22/h5-10,13-16H,11-12,17-20H2,1-4H3. The molecule has 2 aromatic carbocycles. The van der Waals surface area contributed by atoms with Crippen molar-refractivity contribution in [2.75, 3.05) is 14.2 Å². The van der Waals surface area contributed by atoms with Crippen LogP contribution in [0.15, 0.2) is 60.7 Å². The third kappa shape index (κ3) is 8.65. The predicted octanol–water partition coefficient (Wildman–Crippen LogP) is 5.14. The molecule has 0 bridgehead atoms. The van der Waals surface area contributed by atoms with Crippen molar-refractivity contribution < 1.29 is 21.5 Å². The van der Waals surface area contributed by atoms with E-state index in [-0.39, 0.29) is 0 Å². The summed E-state index contributed by atoms with van der Waals surface area (Å²) >= 11 is 0. The van der Waals surface area contributed by atoms with Crippen molar-refractivity contribution in [2.24, 2.45) is 0 Å². The maximum Gasteiger partial charge on any atom is 0.739 e. The lowest BCUT2D eigenvalue weighted by Crippen LogP contribution is -2.47. The van der Waals surface area contributed by atoms with Gasteiger partial charge in [0.2, 0.25) is 0 Å². The molecule has 0 spiro atoms. The Kier molecular flexibility index (Phi) is 10.1. The Morgan fingerprint density at radius 3 is 1.40 bits per heavy atom. The van der Waals surface area contributed by atoms with E-state index in [9.17, 15) is 4.46 Å². The Bertz CT molecular complexity index is 698. The third-order valence-electron chi connectivity index (χ3n) is 5.34. The lowest BCUT2D eigenvalue weighted by Gasteiger charge is -2.29. The smallest absolute Gasteiger partial charge is 0.530 e. The van der Waals surface area contributed by atoms with Crippen molar-refractivity contribution in [2.45, 2.75) is 50.9 Å². The molecule has 0 amide bonds. The van der Waals surface area contributed by atoms with Crippen LogP contribution in [0.4, 0.5) is 0 Å². The fourth-order valence-corrected chi connectivity index (χ4v) is 10.2. The molecule has 2 unspecified atom stereocenters. The Balaban J connectivity index is 1.81. The van der Waals surface area contributed by atoms with E-state index in [4.69, 9.17) is 17.1 Å². The molecule has 0 aliphatic heterocycles. The van der Waals surface area contributed by atoms with Gasteiger partial charge in [-0.1, -0.05) is 60.7 Å². The van der Waals surface area contributed by atoms with Gasteiger partial charge in [0.1, 0.15) is 0 Å². The topological polar surface area (TPSA) is 54.0 Å². The largest absolute Gasteiger partial charge is 0.739 e. The SMILES string of the molecule is CO[Si](C)(CCCc1ccccc1)O[Si](=O)O[Si](C)(CCCc1ccccc1)OC. The van der Waals surface area contributed by atoms with E-state index in [1.54, 1.807) is 14.2 Å². The molecule has 0 radical (unpaired) electrons. The van der Waals surface area contributed by atoms with Crippen LogP contribution < -0.4 is 0 Å². The van der Waals surface area contributed by atoms with E-state index in [1.165, 1.54) is 11.1 Å². The van der Waals surface area contributed by atoms with Gasteiger partial charge in [-0.15, -0.1) is 0 Å². The third-order valence-corrected chi connectivity index (χ3v) is 14.4. The van der Waals surface area contributed by atoms with Crippen molar-refractivity contribution in [3.63, 3.8) is 0 Å². The van der Waals surface area contributed by atoms with Gasteiger partial charge in [0.25, 0.3) is 0 Å². The number of aryl methyl sites for hydroxylation is 2. The zero-order chi connectivity index (χ0) is 21.9. The molecule has 0 aliphatic rings. The van der Waals surface area contributed by atoms with Crippen LogP contribution in [0.5, 0.6) is 0 Å². The van der Waals surface area contributed by atoms with Gasteiger partial charge in [0, 0.05) is 26.3 Å². The molecule has 0 aromatic heterocycles. The van der Waals surface area contributed by atoms with Crippen molar-refractivity contribution in [3.05, 3.63) is 71.8 Å². The first-order chi connectivity index (χ1) is 14.4. The Morgan fingerprint density at radius 2 is 1.07 bits per heavy atom. The first kappa shape index (κ1) is 24.7. The Labute approximate surface area is 184 Å². The monoisotopic (exact) mass is 462 g/mol. The van der Waals surface area contributed by atoms with Gasteiger partial charge in [0.05, 0.1) is 0 Å². The summed E-state index contributed by atoms with van der Waals surface area (Å²) in [6.45, 7) is 3.90. The highest BCUT2D eigenvalue weighted by molar-refractivity contribution is 6.75. The van der Waals surface area contributed by atoms with E-state index < -0.39 is 26.3 Å². The molecule has 164 valence electrons. The molecule has 2 aromatic rings. The normalized spacial score (nSPS) is 15.1. The molecule has 2 rings (SSSR count). The fourth-order valence-electron chi connectivity index (χ4n) is 3.28. The van der Waals surface area contributed by atoms with Crippen LogP contribution in [0.1, 0.15) is 24.0 Å². The molecule has 0 aliphatic carbocycles. The number of hydrogen-bond donors (Lipinski definition) is 0. The second-order valence-electron chi connectivity index (χ2n) is 7.81. The van der Waals surface area contributed by atoms with Crippen LogP contribution in [-0.2, 0) is 34.4 Å². The van der Waals surface area contributed by atoms with E-state index >= 15 is 0 Å². The maximum absolute atomic E-state index is 12.7. The lowest BCUT2D eigenvalue weighted by molar-refractivity contribution is 0.228. The van der Waals surface area contributed by atoms with E-state index in [1.807, 2.05) is 49.5 Å². The van der Waals surface area contributed by atoms with Crippen LogP contribution in [0.2, 0.25) is 25.2 Å². The van der Waals surface area contributed by atoms with Gasteiger partial charge in [-0.3, -0.25) is 4.46 Å². The molecular formula is C22H34O5Si3. The first-order valence-electron chi connectivity index (χ1n) is 10.5. The van der Waals surface area contributed by atoms with E-state index in [0.717, 1.165) is 37.8 Å². The summed E-state index contributed by atoms with van der Waals surface area (Å²) in [5.74, 6) is 0. The fraction of sp³-hybridized carbons (Fsp3) is 0.455. The molecule has 30 heavy (non-hydrogen) atoms. The molecule has 0 fully saturated rings. The molecule has 2 atom stereocenters. The highest BCUT2D eigenvalue weighted by Gasteiger charge is 2.41. The highest BCUT2D eigenvalue weighted by atomic mass is 28.5. The van der Waals surface area contributed by atoms with Crippen LogP contribution in [0.25, 0.3) is 0 Å². The number of rotatable bonds is 14. The average Bonchev–Trinajstić information content (AvgIpc) is 2.75. The summed E-state index contributed by atoms with van der Waals surface area (Å²) < 4.78 is 35.8. The Morgan fingerprint density at radius 1 is 0.700 bits per heavy atom. The van der Waals surface area contributed by atoms with Gasteiger partial charge in [-0.05, 0) is 49.9 Å². The van der Waals surface area contributed by atoms with E-state index in [2.05, 4.69) is 24.3 Å². The zero-order valence-corrected chi connectivity index (χ0v) is 21.6. The van der Waals surface area contributed by atoms with Gasteiger partial charge in [-0.25, -0.2) is 0 Å². The molecule has 0 saturated carbocycles. The summed E-state index contributed by atoms with van der Waals surface area (Å²) in [5, 5.41) is 0. The van der Waals surface area contributed by atoms with Crippen molar-refractivity contribution in [1.82, 2.24) is 0 Å². The molecule has 0 N–H and O–H groups in total. The van der Waals surface area contributed by atoms with Crippen LogP contribution in [0.3, 0.4) is 0 Å². The van der Waals surface area contributed by atoms with Gasteiger partial charge < -0.3 is 17.1 Å². The van der Waals surface area contributed by atoms with Gasteiger partial charge >= 0.3 is 26.3 Å². The van der Waals surface area contributed by atoms with E-state index in [0.29, 0.717) is 0 Å². The van der Waals surface area contributed by atoms with Crippen LogP contribution >= 0.6 is 0 Å². The highest BCUT2D eigenvalue weighted by Crippen LogP contribution is 2.21. The molecule has 5 nitrogen and oxygen atoms in total. The second kappa shape index (κ2) is 12.3. The molecular weight excluding hydrogens is 428 g/mol. The number of hydrogen-bond acceptors (Lipinski definition) is 5. The minimum absolute atomic E-state index is 0.761. The minimum Gasteiger partial charge on any atom is -0.530 e. The maximum atomic E-state index is 12.7. The van der Waals surface area contributed by atoms with Crippen molar-refractivity contribution in [1.29, 1.82) is 0 Å². The quantitative estimate of drug-likeness (QED) is 0.364. The summed E-state index contributed by atoms with van der Waals surface area (Å²) in [6.07, 6.45) is 3.74. The van der Waals surface area contributed by atoms with Crippen LogP contribution in [0, 0.1) is 0 Å². The summed E-state index contributed by atoms with van der Waals surface area (Å²) in [5.41, 5.74) is 2.57. The first-order valence-corrected chi connectivity index (χ1v) is 16.8. The van der Waals surface area contributed by atoms with Crippen molar-refractivity contribution in [3.8, 4) is 0 Å².